The van der Waals surface area contributed by atoms with Gasteiger partial charge in [-0.25, -0.2) is 4.79 Å². The molecule has 1 aliphatic rings. The van der Waals surface area contributed by atoms with Crippen LogP contribution in [0.3, 0.4) is 0 Å². The summed E-state index contributed by atoms with van der Waals surface area (Å²) in [6, 6.07) is 7.07. The molecule has 1 N–H and O–H groups in total. The van der Waals surface area contributed by atoms with E-state index in [1.165, 1.54) is 6.08 Å². The van der Waals surface area contributed by atoms with Crippen molar-refractivity contribution >= 4 is 29.7 Å². The zero-order chi connectivity index (χ0) is 15.5. The van der Waals surface area contributed by atoms with Crippen LogP contribution in [0.15, 0.2) is 30.3 Å². The number of carboxylic acids is 1. The Morgan fingerprint density at radius 1 is 1.38 bits per heavy atom. The van der Waals surface area contributed by atoms with E-state index in [9.17, 15) is 9.59 Å². The Bertz CT molecular complexity index is 581. The Hall–Kier alpha value is -1.75. The van der Waals surface area contributed by atoms with Crippen LogP contribution in [-0.2, 0) is 4.79 Å². The highest BCUT2D eigenvalue weighted by Gasteiger charge is 2.30. The predicted molar refractivity (Wildman–Crippen MR) is 85.6 cm³/mol. The lowest BCUT2D eigenvalue weighted by molar-refractivity contribution is -0.131. The lowest BCUT2D eigenvalue weighted by Crippen LogP contribution is -2.46. The molecule has 2 rings (SSSR count). The summed E-state index contributed by atoms with van der Waals surface area (Å²) in [5.74, 6) is -0.0485. The summed E-state index contributed by atoms with van der Waals surface area (Å²) in [5.41, 5.74) is 1.32. The van der Waals surface area contributed by atoms with Crippen LogP contribution < -0.4 is 0 Å². The van der Waals surface area contributed by atoms with E-state index in [0.717, 1.165) is 24.9 Å². The van der Waals surface area contributed by atoms with Gasteiger partial charge in [-0.1, -0.05) is 12.1 Å². The molecule has 0 saturated carbocycles. The highest BCUT2D eigenvalue weighted by Crippen LogP contribution is 2.30. The van der Waals surface area contributed by atoms with E-state index in [1.54, 1.807) is 24.3 Å². The number of hydrogen-bond acceptors (Lipinski definition) is 3. The van der Waals surface area contributed by atoms with Crippen molar-refractivity contribution in [2.24, 2.45) is 0 Å². The standard InChI is InChI=1S/C16H19NO3S/c1-16(2)11-17(8-9-21-16)15(20)13-5-3-4-12(10-13)6-7-14(18)19/h3-7,10H,8-9,11H2,1-2H3,(H,18,19)/b7-6+. The van der Waals surface area contributed by atoms with Crippen molar-refractivity contribution in [3.05, 3.63) is 41.5 Å². The molecule has 0 radical (unpaired) electrons. The minimum atomic E-state index is -0.999. The maximum Gasteiger partial charge on any atom is 0.328 e. The third-order valence-electron chi connectivity index (χ3n) is 3.26. The molecule has 1 aromatic rings. The summed E-state index contributed by atoms with van der Waals surface area (Å²) < 4.78 is 0.0781. The van der Waals surface area contributed by atoms with E-state index < -0.39 is 5.97 Å². The second kappa shape index (κ2) is 6.35. The van der Waals surface area contributed by atoms with E-state index in [2.05, 4.69) is 13.8 Å². The van der Waals surface area contributed by atoms with E-state index in [-0.39, 0.29) is 10.7 Å². The van der Waals surface area contributed by atoms with Crippen LogP contribution in [0.4, 0.5) is 0 Å². The third kappa shape index (κ3) is 4.36. The number of thioether (sulfide) groups is 1. The molecule has 1 saturated heterocycles. The van der Waals surface area contributed by atoms with Crippen molar-refractivity contribution in [2.45, 2.75) is 18.6 Å². The molecule has 21 heavy (non-hydrogen) atoms. The zero-order valence-corrected chi connectivity index (χ0v) is 13.0. The van der Waals surface area contributed by atoms with Crippen molar-refractivity contribution < 1.29 is 14.7 Å². The summed E-state index contributed by atoms with van der Waals surface area (Å²) >= 11 is 1.88. The minimum absolute atomic E-state index is 0.00829. The van der Waals surface area contributed by atoms with E-state index in [0.29, 0.717) is 11.1 Å². The molecule has 1 heterocycles. The Labute approximate surface area is 128 Å². The third-order valence-corrected chi connectivity index (χ3v) is 4.56. The molecule has 0 aliphatic carbocycles. The normalized spacial score (nSPS) is 17.9. The number of hydrogen-bond donors (Lipinski definition) is 1. The molecular formula is C16H19NO3S. The van der Waals surface area contributed by atoms with Gasteiger partial charge in [0.1, 0.15) is 0 Å². The first kappa shape index (κ1) is 15.6. The van der Waals surface area contributed by atoms with Gasteiger partial charge in [0, 0.05) is 35.2 Å². The van der Waals surface area contributed by atoms with E-state index >= 15 is 0 Å². The number of aliphatic carboxylic acids is 1. The second-order valence-corrected chi connectivity index (χ2v) is 7.43. The number of benzene rings is 1. The smallest absolute Gasteiger partial charge is 0.328 e. The molecule has 0 bridgehead atoms. The van der Waals surface area contributed by atoms with E-state index in [1.807, 2.05) is 16.7 Å². The van der Waals surface area contributed by atoms with Gasteiger partial charge in [0.2, 0.25) is 0 Å². The highest BCUT2D eigenvalue weighted by atomic mass is 32.2. The summed E-state index contributed by atoms with van der Waals surface area (Å²) in [7, 11) is 0. The lowest BCUT2D eigenvalue weighted by atomic mass is 10.1. The van der Waals surface area contributed by atoms with Crippen LogP contribution in [-0.4, -0.2) is 45.5 Å². The maximum atomic E-state index is 12.6. The van der Waals surface area contributed by atoms with Crippen molar-refractivity contribution in [3.63, 3.8) is 0 Å². The Morgan fingerprint density at radius 2 is 2.14 bits per heavy atom. The van der Waals surface area contributed by atoms with Gasteiger partial charge in [-0.15, -0.1) is 0 Å². The van der Waals surface area contributed by atoms with Crippen molar-refractivity contribution in [2.75, 3.05) is 18.8 Å². The largest absolute Gasteiger partial charge is 0.478 e. The number of carbonyl (C=O) groups excluding carboxylic acids is 1. The molecule has 1 amide bonds. The minimum Gasteiger partial charge on any atom is -0.478 e. The monoisotopic (exact) mass is 305 g/mol. The maximum absolute atomic E-state index is 12.6. The number of carbonyl (C=O) groups is 2. The fourth-order valence-corrected chi connectivity index (χ4v) is 3.43. The van der Waals surface area contributed by atoms with Gasteiger partial charge in [0.25, 0.3) is 5.91 Å². The molecule has 5 heteroatoms. The fourth-order valence-electron chi connectivity index (χ4n) is 2.32. The van der Waals surface area contributed by atoms with Crippen LogP contribution >= 0.6 is 11.8 Å². The SMILES string of the molecule is CC1(C)CN(C(=O)c2cccc(/C=C/C(=O)O)c2)CCS1. The van der Waals surface area contributed by atoms with Gasteiger partial charge in [-0.2, -0.15) is 11.8 Å². The van der Waals surface area contributed by atoms with Crippen LogP contribution in [0.2, 0.25) is 0 Å². The summed E-state index contributed by atoms with van der Waals surface area (Å²) in [6.45, 7) is 5.76. The molecule has 1 fully saturated rings. The molecule has 4 nitrogen and oxygen atoms in total. The Kier molecular flexibility index (Phi) is 4.73. The fraction of sp³-hybridized carbons (Fsp3) is 0.375. The van der Waals surface area contributed by atoms with Crippen LogP contribution in [0, 0.1) is 0 Å². The first-order chi connectivity index (χ1) is 9.87. The molecule has 112 valence electrons. The van der Waals surface area contributed by atoms with Crippen molar-refractivity contribution in [1.82, 2.24) is 4.90 Å². The number of amides is 1. The van der Waals surface area contributed by atoms with Crippen molar-refractivity contribution in [1.29, 1.82) is 0 Å². The Morgan fingerprint density at radius 3 is 2.81 bits per heavy atom. The number of nitrogens with zero attached hydrogens (tertiary/aromatic N) is 1. The highest BCUT2D eigenvalue weighted by molar-refractivity contribution is 8.00. The average Bonchev–Trinajstić information content (AvgIpc) is 2.43. The van der Waals surface area contributed by atoms with Crippen LogP contribution in [0.25, 0.3) is 6.08 Å². The van der Waals surface area contributed by atoms with Crippen LogP contribution in [0.5, 0.6) is 0 Å². The average molecular weight is 305 g/mol. The summed E-state index contributed by atoms with van der Waals surface area (Å²) in [4.78, 5) is 25.0. The molecule has 0 atom stereocenters. The molecule has 0 spiro atoms. The molecule has 0 aromatic heterocycles. The molecule has 1 aliphatic heterocycles. The van der Waals surface area contributed by atoms with Crippen LogP contribution in [0.1, 0.15) is 29.8 Å². The number of rotatable bonds is 3. The van der Waals surface area contributed by atoms with Gasteiger partial charge < -0.3 is 10.0 Å². The van der Waals surface area contributed by atoms with E-state index in [4.69, 9.17) is 5.11 Å². The first-order valence-electron chi connectivity index (χ1n) is 6.82. The van der Waals surface area contributed by atoms with Crippen molar-refractivity contribution in [3.8, 4) is 0 Å². The van der Waals surface area contributed by atoms with Gasteiger partial charge in [-0.3, -0.25) is 4.79 Å². The summed E-state index contributed by atoms with van der Waals surface area (Å²) in [6.07, 6.45) is 2.57. The van der Waals surface area contributed by atoms with Gasteiger partial charge >= 0.3 is 5.97 Å². The molecular weight excluding hydrogens is 286 g/mol. The first-order valence-corrected chi connectivity index (χ1v) is 7.80. The quantitative estimate of drug-likeness (QED) is 0.872. The van der Waals surface area contributed by atoms with Gasteiger partial charge in [-0.05, 0) is 37.6 Å². The second-order valence-electron chi connectivity index (χ2n) is 5.63. The summed E-state index contributed by atoms with van der Waals surface area (Å²) in [5, 5.41) is 8.65. The van der Waals surface area contributed by atoms with Gasteiger partial charge in [0.15, 0.2) is 0 Å². The Balaban J connectivity index is 2.16. The lowest BCUT2D eigenvalue weighted by Gasteiger charge is -2.37. The zero-order valence-electron chi connectivity index (χ0n) is 12.2. The predicted octanol–water partition coefficient (Wildman–Crippen LogP) is 2.75. The van der Waals surface area contributed by atoms with Gasteiger partial charge in [0.05, 0.1) is 0 Å². The topological polar surface area (TPSA) is 57.6 Å². The molecule has 1 aromatic carbocycles. The molecule has 0 unspecified atom stereocenters. The number of carboxylic acid groups (broad SMARTS) is 1.